The van der Waals surface area contributed by atoms with Crippen LogP contribution in [-0.2, 0) is 11.3 Å². The molecule has 2 aromatic heterocycles. The maximum atomic E-state index is 12.7. The summed E-state index contributed by atoms with van der Waals surface area (Å²) < 4.78 is 8.27. The van der Waals surface area contributed by atoms with Crippen molar-refractivity contribution in [2.45, 2.75) is 96.4 Å². The number of hydrogen-bond donors (Lipinski definition) is 1. The molecule has 0 bridgehead atoms. The van der Waals surface area contributed by atoms with Crippen LogP contribution in [0.1, 0.15) is 101 Å². The zero-order valence-electron chi connectivity index (χ0n) is 22.4. The molecule has 1 aliphatic rings. The van der Waals surface area contributed by atoms with E-state index in [0.29, 0.717) is 28.0 Å². The van der Waals surface area contributed by atoms with Gasteiger partial charge in [-0.1, -0.05) is 82.2 Å². The van der Waals surface area contributed by atoms with Crippen LogP contribution in [0.25, 0.3) is 0 Å². The minimum atomic E-state index is -0.279. The average molecular weight is 543 g/mol. The lowest BCUT2D eigenvalue weighted by atomic mass is 9.90. The van der Waals surface area contributed by atoms with Gasteiger partial charge in [0.05, 0.1) is 5.75 Å². The molecule has 0 radical (unpaired) electrons. The fraction of sp³-hybridized carbons (Fsp3) is 0.593. The number of anilines is 1. The Morgan fingerprint density at radius 2 is 1.78 bits per heavy atom. The van der Waals surface area contributed by atoms with Crippen molar-refractivity contribution in [2.75, 3.05) is 11.1 Å². The van der Waals surface area contributed by atoms with Gasteiger partial charge < -0.3 is 9.30 Å². The first-order valence-electron chi connectivity index (χ1n) is 13.3. The summed E-state index contributed by atoms with van der Waals surface area (Å²) in [5.41, 5.74) is 1.28. The van der Waals surface area contributed by atoms with E-state index >= 15 is 0 Å². The Labute approximate surface area is 228 Å². The van der Waals surface area contributed by atoms with Gasteiger partial charge in [-0.25, -0.2) is 0 Å². The highest BCUT2D eigenvalue weighted by Crippen LogP contribution is 2.35. The number of ether oxygens (including phenoxy) is 1. The Morgan fingerprint density at radius 1 is 1.05 bits per heavy atom. The molecule has 8 nitrogen and oxygen atoms in total. The van der Waals surface area contributed by atoms with E-state index in [2.05, 4.69) is 70.1 Å². The quantitative estimate of drug-likeness (QED) is 0.265. The minimum Gasteiger partial charge on any atom is -0.483 e. The monoisotopic (exact) mass is 542 g/mol. The van der Waals surface area contributed by atoms with E-state index in [1.807, 2.05) is 19.1 Å². The van der Waals surface area contributed by atoms with Crippen molar-refractivity contribution in [3.63, 3.8) is 0 Å². The van der Waals surface area contributed by atoms with Crippen molar-refractivity contribution in [3.8, 4) is 5.75 Å². The number of benzene rings is 1. The van der Waals surface area contributed by atoms with E-state index < -0.39 is 0 Å². The molecule has 1 saturated carbocycles. The van der Waals surface area contributed by atoms with Gasteiger partial charge in [0.15, 0.2) is 17.1 Å². The lowest BCUT2D eigenvalue weighted by Gasteiger charge is -2.18. The second-order valence-electron chi connectivity index (χ2n) is 10.4. The predicted octanol–water partition coefficient (Wildman–Crippen LogP) is 6.83. The summed E-state index contributed by atoms with van der Waals surface area (Å²) in [6.45, 7) is 11.4. The third-order valence-electron chi connectivity index (χ3n) is 6.49. The number of nitrogens with zero attached hydrogens (tertiary/aromatic N) is 5. The Bertz CT molecular complexity index is 1150. The Hall–Kier alpha value is -2.46. The third-order valence-corrected chi connectivity index (χ3v) is 8.46. The normalized spacial score (nSPS) is 15.3. The number of rotatable bonds is 11. The number of hydrogen-bond acceptors (Lipinski definition) is 8. The highest BCUT2D eigenvalue weighted by molar-refractivity contribution is 7.99. The van der Waals surface area contributed by atoms with Crippen LogP contribution in [0.2, 0.25) is 0 Å². The largest absolute Gasteiger partial charge is 0.483 e. The number of nitrogens with one attached hydrogen (secondary N) is 1. The molecule has 1 aliphatic carbocycles. The number of aromatic nitrogens is 5. The lowest BCUT2D eigenvalue weighted by molar-refractivity contribution is -0.113. The second-order valence-corrected chi connectivity index (χ2v) is 12.4. The molecular formula is C27H38N6O2S2. The topological polar surface area (TPSA) is 94.8 Å². The van der Waals surface area contributed by atoms with Crippen LogP contribution < -0.4 is 10.1 Å². The smallest absolute Gasteiger partial charge is 0.236 e. The van der Waals surface area contributed by atoms with Crippen LogP contribution in [0, 0.1) is 5.92 Å². The molecule has 1 N–H and O–H groups in total. The van der Waals surface area contributed by atoms with Crippen LogP contribution in [0.15, 0.2) is 29.4 Å². The number of amides is 1. The number of carbonyl (C=O) groups is 1. The summed E-state index contributed by atoms with van der Waals surface area (Å²) in [5, 5.41) is 22.6. The molecular weight excluding hydrogens is 504 g/mol. The van der Waals surface area contributed by atoms with Gasteiger partial charge in [-0.15, -0.1) is 20.4 Å². The molecule has 0 spiro atoms. The Balaban J connectivity index is 1.37. The van der Waals surface area contributed by atoms with Gasteiger partial charge in [0, 0.05) is 12.5 Å². The maximum absolute atomic E-state index is 12.7. The fourth-order valence-electron chi connectivity index (χ4n) is 4.52. The highest BCUT2D eigenvalue weighted by atomic mass is 32.2. The molecule has 3 aromatic rings. The highest BCUT2D eigenvalue weighted by Gasteiger charge is 2.23. The van der Waals surface area contributed by atoms with Gasteiger partial charge in [0.25, 0.3) is 0 Å². The van der Waals surface area contributed by atoms with E-state index in [1.165, 1.54) is 47.9 Å². The molecule has 1 unspecified atom stereocenters. The zero-order valence-corrected chi connectivity index (χ0v) is 24.1. The summed E-state index contributed by atoms with van der Waals surface area (Å²) in [5.74, 6) is 3.01. The molecule has 10 heteroatoms. The van der Waals surface area contributed by atoms with Crippen LogP contribution in [0.3, 0.4) is 0 Å². The Morgan fingerprint density at radius 3 is 2.46 bits per heavy atom. The van der Waals surface area contributed by atoms with Gasteiger partial charge in [-0.2, -0.15) is 0 Å². The summed E-state index contributed by atoms with van der Waals surface area (Å²) in [4.78, 5) is 12.7. The van der Waals surface area contributed by atoms with Gasteiger partial charge in [-0.3, -0.25) is 10.1 Å². The molecule has 1 atom stereocenters. The lowest BCUT2D eigenvalue weighted by Crippen LogP contribution is -2.17. The van der Waals surface area contributed by atoms with Gasteiger partial charge >= 0.3 is 0 Å². The molecule has 1 amide bonds. The van der Waals surface area contributed by atoms with E-state index in [4.69, 9.17) is 4.74 Å². The van der Waals surface area contributed by atoms with Gasteiger partial charge in [0.2, 0.25) is 11.0 Å². The van der Waals surface area contributed by atoms with Crippen molar-refractivity contribution in [2.24, 2.45) is 5.92 Å². The standard InChI is InChI=1S/C27H38N6O2S2/c1-17(2)15-33-24(19(5)35-22-13-11-20(12-14-22)18(3)4)29-32-27(33)36-16-23(34)28-26-31-30-25(37-26)21-9-7-6-8-10-21/h11-14,17-19,21H,6-10,15-16H2,1-5H3,(H,28,31,34). The predicted molar refractivity (Wildman–Crippen MR) is 150 cm³/mol. The number of carbonyl (C=O) groups excluding carboxylic acids is 1. The van der Waals surface area contributed by atoms with E-state index in [1.54, 1.807) is 0 Å². The first-order chi connectivity index (χ1) is 17.8. The molecule has 2 heterocycles. The minimum absolute atomic E-state index is 0.119. The maximum Gasteiger partial charge on any atom is 0.236 e. The Kier molecular flexibility index (Phi) is 9.59. The van der Waals surface area contributed by atoms with Crippen LogP contribution in [0.4, 0.5) is 5.13 Å². The average Bonchev–Trinajstić information content (AvgIpc) is 3.50. The molecule has 0 aliphatic heterocycles. The van der Waals surface area contributed by atoms with Gasteiger partial charge in [-0.05, 0) is 49.3 Å². The van der Waals surface area contributed by atoms with E-state index in [-0.39, 0.29) is 17.8 Å². The summed E-state index contributed by atoms with van der Waals surface area (Å²) in [7, 11) is 0. The summed E-state index contributed by atoms with van der Waals surface area (Å²) in [6.07, 6.45) is 5.84. The molecule has 0 saturated heterocycles. The molecule has 200 valence electrons. The summed E-state index contributed by atoms with van der Waals surface area (Å²) in [6, 6.07) is 8.20. The van der Waals surface area contributed by atoms with Crippen LogP contribution >= 0.6 is 23.1 Å². The van der Waals surface area contributed by atoms with E-state index in [9.17, 15) is 4.79 Å². The zero-order chi connectivity index (χ0) is 26.4. The SMILES string of the molecule is CC(C)Cn1c(SCC(=O)Nc2nnc(C3CCCCC3)s2)nnc1C(C)Oc1ccc(C(C)C)cc1. The van der Waals surface area contributed by atoms with Crippen molar-refractivity contribution < 1.29 is 9.53 Å². The molecule has 1 aromatic carbocycles. The summed E-state index contributed by atoms with van der Waals surface area (Å²) >= 11 is 2.88. The second kappa shape index (κ2) is 12.9. The first-order valence-corrected chi connectivity index (χ1v) is 15.1. The van der Waals surface area contributed by atoms with Crippen molar-refractivity contribution in [3.05, 3.63) is 40.7 Å². The first kappa shape index (κ1) is 27.6. The molecule has 1 fully saturated rings. The van der Waals surface area contributed by atoms with Gasteiger partial charge in [0.1, 0.15) is 10.8 Å². The molecule has 37 heavy (non-hydrogen) atoms. The van der Waals surface area contributed by atoms with Crippen LogP contribution in [0.5, 0.6) is 5.75 Å². The fourth-order valence-corrected chi connectivity index (χ4v) is 6.20. The number of thioether (sulfide) groups is 1. The van der Waals surface area contributed by atoms with Crippen molar-refractivity contribution >= 4 is 34.1 Å². The van der Waals surface area contributed by atoms with E-state index in [0.717, 1.165) is 36.0 Å². The van der Waals surface area contributed by atoms with Crippen molar-refractivity contribution in [1.82, 2.24) is 25.0 Å². The third kappa shape index (κ3) is 7.54. The van der Waals surface area contributed by atoms with Crippen LogP contribution in [-0.4, -0.2) is 36.6 Å². The van der Waals surface area contributed by atoms with Crippen molar-refractivity contribution in [1.29, 1.82) is 0 Å². The molecule has 4 rings (SSSR count).